The fourth-order valence-corrected chi connectivity index (χ4v) is 3.73. The Labute approximate surface area is 130 Å². The van der Waals surface area contributed by atoms with Gasteiger partial charge in [0.1, 0.15) is 11.6 Å². The molecule has 0 bridgehead atoms. The molecule has 1 unspecified atom stereocenters. The molecule has 0 aromatic heterocycles. The van der Waals surface area contributed by atoms with E-state index in [-0.39, 0.29) is 4.90 Å². The first-order chi connectivity index (χ1) is 10.3. The van der Waals surface area contributed by atoms with E-state index in [2.05, 4.69) is 4.72 Å². The molecule has 22 heavy (non-hydrogen) atoms. The number of benzene rings is 2. The molecule has 0 radical (unpaired) electrons. The quantitative estimate of drug-likeness (QED) is 0.919. The molecule has 1 atom stereocenters. The van der Waals surface area contributed by atoms with Gasteiger partial charge in [0.15, 0.2) is 0 Å². The van der Waals surface area contributed by atoms with Crippen molar-refractivity contribution in [2.24, 2.45) is 0 Å². The van der Waals surface area contributed by atoms with Gasteiger partial charge in [0, 0.05) is 11.6 Å². The lowest BCUT2D eigenvalue weighted by Gasteiger charge is -2.18. The van der Waals surface area contributed by atoms with Crippen LogP contribution in [0.25, 0.3) is 0 Å². The van der Waals surface area contributed by atoms with E-state index in [1.165, 1.54) is 19.2 Å². The molecule has 2 aromatic carbocycles. The molecular formula is C16H18FNO3S. The van der Waals surface area contributed by atoms with Crippen LogP contribution in [0.4, 0.5) is 4.39 Å². The molecule has 0 aliphatic rings. The molecule has 0 saturated heterocycles. The van der Waals surface area contributed by atoms with Crippen LogP contribution in [0.15, 0.2) is 47.4 Å². The minimum absolute atomic E-state index is 0.0609. The van der Waals surface area contributed by atoms with E-state index in [9.17, 15) is 12.8 Å². The predicted octanol–water partition coefficient (Wildman–Crippen LogP) is 3.18. The summed E-state index contributed by atoms with van der Waals surface area (Å²) in [6, 6.07) is 10.3. The fraction of sp³-hybridized carbons (Fsp3) is 0.250. The summed E-state index contributed by atoms with van der Waals surface area (Å²) in [7, 11) is -2.31. The van der Waals surface area contributed by atoms with E-state index >= 15 is 0 Å². The molecule has 4 nitrogen and oxygen atoms in total. The van der Waals surface area contributed by atoms with Gasteiger partial charge in [-0.25, -0.2) is 17.5 Å². The van der Waals surface area contributed by atoms with E-state index in [1.54, 1.807) is 38.1 Å². The Morgan fingerprint density at radius 2 is 1.86 bits per heavy atom. The zero-order valence-corrected chi connectivity index (χ0v) is 13.4. The molecule has 0 aliphatic heterocycles. The number of hydrogen-bond donors (Lipinski definition) is 1. The molecule has 0 amide bonds. The number of hydrogen-bond acceptors (Lipinski definition) is 3. The van der Waals surface area contributed by atoms with E-state index in [1.807, 2.05) is 0 Å². The number of ether oxygens (including phenoxy) is 1. The Hall–Kier alpha value is -1.92. The normalized spacial score (nSPS) is 12.9. The zero-order valence-electron chi connectivity index (χ0n) is 12.6. The first kappa shape index (κ1) is 16.5. The summed E-state index contributed by atoms with van der Waals surface area (Å²) in [4.78, 5) is -0.0609. The Kier molecular flexibility index (Phi) is 4.83. The summed E-state index contributed by atoms with van der Waals surface area (Å²) in [5, 5.41) is 0. The topological polar surface area (TPSA) is 55.4 Å². The third-order valence-electron chi connectivity index (χ3n) is 3.38. The van der Waals surface area contributed by atoms with Gasteiger partial charge in [-0.15, -0.1) is 0 Å². The maximum Gasteiger partial charge on any atom is 0.241 e. The number of aryl methyl sites for hydroxylation is 1. The van der Waals surface area contributed by atoms with Crippen LogP contribution in [0.2, 0.25) is 0 Å². The van der Waals surface area contributed by atoms with Crippen LogP contribution in [0.5, 0.6) is 5.75 Å². The predicted molar refractivity (Wildman–Crippen MR) is 82.9 cm³/mol. The Balaban J connectivity index is 2.34. The molecular weight excluding hydrogens is 305 g/mol. The fourth-order valence-electron chi connectivity index (χ4n) is 2.25. The summed E-state index contributed by atoms with van der Waals surface area (Å²) >= 11 is 0. The summed E-state index contributed by atoms with van der Waals surface area (Å²) in [6.45, 7) is 3.34. The maximum atomic E-state index is 13.3. The molecule has 6 heteroatoms. The molecule has 0 saturated carbocycles. The first-order valence-electron chi connectivity index (χ1n) is 6.76. The number of nitrogens with one attached hydrogen (secondary N) is 1. The van der Waals surface area contributed by atoms with E-state index in [0.717, 1.165) is 6.07 Å². The highest BCUT2D eigenvalue weighted by Crippen LogP contribution is 2.26. The van der Waals surface area contributed by atoms with Crippen LogP contribution in [0.1, 0.15) is 24.1 Å². The van der Waals surface area contributed by atoms with Crippen molar-refractivity contribution in [1.82, 2.24) is 4.72 Å². The smallest absolute Gasteiger partial charge is 0.241 e. The van der Waals surface area contributed by atoms with Crippen LogP contribution in [0.3, 0.4) is 0 Å². The standard InChI is InChI=1S/C16H18FNO3S/c1-11-8-9-13(17)10-16(11)22(19,20)18-12(2)14-6-4-5-7-15(14)21-3/h4-10,12,18H,1-3H3. The van der Waals surface area contributed by atoms with Crippen LogP contribution in [-0.2, 0) is 10.0 Å². The number of methoxy groups -OCH3 is 1. The SMILES string of the molecule is COc1ccccc1C(C)NS(=O)(=O)c1cc(F)ccc1C. The number of sulfonamides is 1. The van der Waals surface area contributed by atoms with Crippen LogP contribution >= 0.6 is 0 Å². The molecule has 118 valence electrons. The second-order valence-electron chi connectivity index (χ2n) is 4.99. The minimum Gasteiger partial charge on any atom is -0.496 e. The van der Waals surface area contributed by atoms with E-state index < -0.39 is 21.9 Å². The summed E-state index contributed by atoms with van der Waals surface area (Å²) in [6.07, 6.45) is 0. The molecule has 2 rings (SSSR count). The van der Waals surface area contributed by atoms with Crippen molar-refractivity contribution in [2.45, 2.75) is 24.8 Å². The maximum absolute atomic E-state index is 13.3. The molecule has 1 N–H and O–H groups in total. The van der Waals surface area contributed by atoms with Gasteiger partial charge < -0.3 is 4.74 Å². The highest BCUT2D eigenvalue weighted by molar-refractivity contribution is 7.89. The highest BCUT2D eigenvalue weighted by Gasteiger charge is 2.22. The summed E-state index contributed by atoms with van der Waals surface area (Å²) < 4.78 is 46.1. The Morgan fingerprint density at radius 1 is 1.18 bits per heavy atom. The number of halogens is 1. The van der Waals surface area contributed by atoms with Gasteiger partial charge in [-0.2, -0.15) is 0 Å². The monoisotopic (exact) mass is 323 g/mol. The molecule has 0 aliphatic carbocycles. The van der Waals surface area contributed by atoms with Crippen LogP contribution < -0.4 is 9.46 Å². The second-order valence-corrected chi connectivity index (χ2v) is 6.68. The van der Waals surface area contributed by atoms with Crippen molar-refractivity contribution in [1.29, 1.82) is 0 Å². The van der Waals surface area contributed by atoms with Gasteiger partial charge in [-0.05, 0) is 37.6 Å². The van der Waals surface area contributed by atoms with E-state index in [4.69, 9.17) is 4.74 Å². The largest absolute Gasteiger partial charge is 0.496 e. The van der Waals surface area contributed by atoms with Crippen molar-refractivity contribution >= 4 is 10.0 Å². The lowest BCUT2D eigenvalue weighted by atomic mass is 10.1. The van der Waals surface area contributed by atoms with Gasteiger partial charge in [0.25, 0.3) is 0 Å². The van der Waals surface area contributed by atoms with Crippen molar-refractivity contribution in [2.75, 3.05) is 7.11 Å². The van der Waals surface area contributed by atoms with Crippen LogP contribution in [-0.4, -0.2) is 15.5 Å². The lowest BCUT2D eigenvalue weighted by Crippen LogP contribution is -2.27. The van der Waals surface area contributed by atoms with Gasteiger partial charge in [0.05, 0.1) is 12.0 Å². The Morgan fingerprint density at radius 3 is 2.55 bits per heavy atom. The number of rotatable bonds is 5. The minimum atomic E-state index is -3.83. The van der Waals surface area contributed by atoms with Gasteiger partial charge >= 0.3 is 0 Å². The van der Waals surface area contributed by atoms with Crippen molar-refractivity contribution in [3.05, 3.63) is 59.4 Å². The Bertz CT molecular complexity index is 775. The lowest BCUT2D eigenvalue weighted by molar-refractivity contribution is 0.405. The average Bonchev–Trinajstić information content (AvgIpc) is 2.49. The summed E-state index contributed by atoms with van der Waals surface area (Å²) in [5.74, 6) is 0.00424. The number of para-hydroxylation sites is 1. The molecule has 2 aromatic rings. The van der Waals surface area contributed by atoms with E-state index in [0.29, 0.717) is 16.9 Å². The third kappa shape index (κ3) is 3.45. The van der Waals surface area contributed by atoms with Crippen molar-refractivity contribution in [3.8, 4) is 5.75 Å². The van der Waals surface area contributed by atoms with Gasteiger partial charge in [0.2, 0.25) is 10.0 Å². The first-order valence-corrected chi connectivity index (χ1v) is 8.25. The van der Waals surface area contributed by atoms with Crippen molar-refractivity contribution in [3.63, 3.8) is 0 Å². The molecule has 0 spiro atoms. The summed E-state index contributed by atoms with van der Waals surface area (Å²) in [5.41, 5.74) is 1.20. The average molecular weight is 323 g/mol. The van der Waals surface area contributed by atoms with Crippen LogP contribution in [0, 0.1) is 12.7 Å². The third-order valence-corrected chi connectivity index (χ3v) is 5.06. The van der Waals surface area contributed by atoms with Gasteiger partial charge in [-0.1, -0.05) is 24.3 Å². The zero-order chi connectivity index (χ0) is 16.3. The second kappa shape index (κ2) is 6.46. The molecule has 0 fully saturated rings. The highest BCUT2D eigenvalue weighted by atomic mass is 32.2. The molecule has 0 heterocycles. The van der Waals surface area contributed by atoms with Gasteiger partial charge in [-0.3, -0.25) is 0 Å². The van der Waals surface area contributed by atoms with Crippen molar-refractivity contribution < 1.29 is 17.5 Å².